The number of fused-ring (bicyclic) bond motifs is 2. The van der Waals surface area contributed by atoms with Crippen LogP contribution in [0.1, 0.15) is 42.5 Å². The number of H-pyrrole nitrogens is 1. The molecular formula is C18H21N5O. The smallest absolute Gasteiger partial charge is 0.255 e. The molecule has 0 aliphatic carbocycles. The van der Waals surface area contributed by atoms with Gasteiger partial charge in [-0.1, -0.05) is 19.9 Å². The Kier molecular flexibility index (Phi) is 3.69. The van der Waals surface area contributed by atoms with E-state index in [-0.39, 0.29) is 11.5 Å². The summed E-state index contributed by atoms with van der Waals surface area (Å²) in [6.07, 6.45) is 2.76. The minimum Gasteiger partial charge on any atom is -0.310 e. The van der Waals surface area contributed by atoms with Gasteiger partial charge in [-0.15, -0.1) is 0 Å². The van der Waals surface area contributed by atoms with Gasteiger partial charge in [0.2, 0.25) is 0 Å². The quantitative estimate of drug-likeness (QED) is 0.801. The predicted octanol–water partition coefficient (Wildman–Crippen LogP) is 2.10. The van der Waals surface area contributed by atoms with Gasteiger partial charge < -0.3 is 4.98 Å². The molecule has 1 aliphatic rings. The van der Waals surface area contributed by atoms with Crippen molar-refractivity contribution in [1.29, 1.82) is 0 Å². The van der Waals surface area contributed by atoms with E-state index in [0.717, 1.165) is 47.8 Å². The first-order valence-electron chi connectivity index (χ1n) is 8.38. The zero-order valence-corrected chi connectivity index (χ0v) is 14.0. The molecule has 1 aliphatic heterocycles. The second-order valence-corrected chi connectivity index (χ2v) is 6.70. The lowest BCUT2D eigenvalue weighted by molar-refractivity contribution is 0.238. The SMILES string of the molecule is CC(C)c1nc2c(c(=O)[nH]1)CN(Cc1cc3ccccn3n1)CC2. The molecule has 0 atom stereocenters. The van der Waals surface area contributed by atoms with E-state index in [1.807, 2.05) is 42.8 Å². The van der Waals surface area contributed by atoms with E-state index < -0.39 is 0 Å². The zero-order valence-electron chi connectivity index (χ0n) is 14.0. The highest BCUT2D eigenvalue weighted by Gasteiger charge is 2.22. The van der Waals surface area contributed by atoms with Gasteiger partial charge in [-0.3, -0.25) is 9.69 Å². The Morgan fingerprint density at radius 1 is 1.33 bits per heavy atom. The maximum absolute atomic E-state index is 12.4. The first-order chi connectivity index (χ1) is 11.6. The van der Waals surface area contributed by atoms with E-state index in [1.165, 1.54) is 0 Å². The predicted molar refractivity (Wildman–Crippen MR) is 92.0 cm³/mol. The van der Waals surface area contributed by atoms with Crippen molar-refractivity contribution in [2.45, 2.75) is 39.3 Å². The van der Waals surface area contributed by atoms with Crippen molar-refractivity contribution in [2.75, 3.05) is 6.54 Å². The topological polar surface area (TPSA) is 66.3 Å². The summed E-state index contributed by atoms with van der Waals surface area (Å²) >= 11 is 0. The maximum Gasteiger partial charge on any atom is 0.255 e. The first kappa shape index (κ1) is 15.1. The number of nitrogens with zero attached hydrogens (tertiary/aromatic N) is 4. The molecule has 3 aromatic heterocycles. The Morgan fingerprint density at radius 3 is 3.00 bits per heavy atom. The average Bonchev–Trinajstić information content (AvgIpc) is 2.97. The van der Waals surface area contributed by atoms with Gasteiger partial charge in [0.15, 0.2) is 0 Å². The number of pyridine rings is 1. The van der Waals surface area contributed by atoms with Crippen LogP contribution in [0.2, 0.25) is 0 Å². The van der Waals surface area contributed by atoms with Gasteiger partial charge in [0, 0.05) is 38.2 Å². The summed E-state index contributed by atoms with van der Waals surface area (Å²) in [5, 5.41) is 4.60. The standard InChI is InChI=1S/C18H21N5O/c1-12(2)17-19-16-6-8-22(11-15(16)18(24)20-17)10-13-9-14-5-3-4-7-23(14)21-13/h3-5,7,9,12H,6,8,10-11H2,1-2H3,(H,19,20,24). The van der Waals surface area contributed by atoms with Crippen LogP contribution in [0.5, 0.6) is 0 Å². The van der Waals surface area contributed by atoms with Crippen molar-refractivity contribution < 1.29 is 0 Å². The number of aromatic nitrogens is 4. The van der Waals surface area contributed by atoms with Crippen LogP contribution >= 0.6 is 0 Å². The van der Waals surface area contributed by atoms with Crippen molar-refractivity contribution in [3.8, 4) is 0 Å². The van der Waals surface area contributed by atoms with Gasteiger partial charge in [0.05, 0.1) is 22.5 Å². The van der Waals surface area contributed by atoms with Gasteiger partial charge in [-0.05, 0) is 18.2 Å². The number of hydrogen-bond acceptors (Lipinski definition) is 4. The molecule has 0 bridgehead atoms. The number of aromatic amines is 1. The summed E-state index contributed by atoms with van der Waals surface area (Å²) in [5.41, 5.74) is 3.87. The largest absolute Gasteiger partial charge is 0.310 e. The van der Waals surface area contributed by atoms with Gasteiger partial charge in [-0.25, -0.2) is 9.50 Å². The summed E-state index contributed by atoms with van der Waals surface area (Å²) in [6, 6.07) is 8.12. The molecule has 0 aromatic carbocycles. The van der Waals surface area contributed by atoms with Crippen molar-refractivity contribution in [1.82, 2.24) is 24.5 Å². The van der Waals surface area contributed by atoms with Crippen LogP contribution in [0.4, 0.5) is 0 Å². The monoisotopic (exact) mass is 323 g/mol. The molecule has 4 heterocycles. The molecule has 0 saturated heterocycles. The molecule has 0 fully saturated rings. The third-order valence-corrected chi connectivity index (χ3v) is 4.52. The molecule has 6 heteroatoms. The fraction of sp³-hybridized carbons (Fsp3) is 0.389. The highest BCUT2D eigenvalue weighted by Crippen LogP contribution is 2.18. The molecule has 4 rings (SSSR count). The van der Waals surface area contributed by atoms with Gasteiger partial charge in [-0.2, -0.15) is 5.10 Å². The van der Waals surface area contributed by atoms with Crippen molar-refractivity contribution in [3.05, 3.63) is 63.6 Å². The summed E-state index contributed by atoms with van der Waals surface area (Å²) < 4.78 is 1.89. The van der Waals surface area contributed by atoms with Crippen LogP contribution in [-0.2, 0) is 19.5 Å². The number of hydrogen-bond donors (Lipinski definition) is 1. The fourth-order valence-electron chi connectivity index (χ4n) is 3.21. The van der Waals surface area contributed by atoms with Crippen LogP contribution in [-0.4, -0.2) is 31.0 Å². The summed E-state index contributed by atoms with van der Waals surface area (Å²) in [4.78, 5) is 22.2. The third kappa shape index (κ3) is 2.73. The van der Waals surface area contributed by atoms with Crippen molar-refractivity contribution >= 4 is 5.52 Å². The van der Waals surface area contributed by atoms with Crippen molar-refractivity contribution in [3.63, 3.8) is 0 Å². The second kappa shape index (κ2) is 5.87. The van der Waals surface area contributed by atoms with E-state index in [9.17, 15) is 4.79 Å². The third-order valence-electron chi connectivity index (χ3n) is 4.52. The molecule has 0 spiro atoms. The highest BCUT2D eigenvalue weighted by molar-refractivity contribution is 5.46. The van der Waals surface area contributed by atoms with Gasteiger partial charge >= 0.3 is 0 Å². The van der Waals surface area contributed by atoms with Crippen LogP contribution in [0.15, 0.2) is 35.3 Å². The van der Waals surface area contributed by atoms with Crippen LogP contribution in [0.25, 0.3) is 5.52 Å². The Morgan fingerprint density at radius 2 is 2.21 bits per heavy atom. The Balaban J connectivity index is 1.57. The molecule has 0 unspecified atom stereocenters. The molecule has 3 aromatic rings. The second-order valence-electron chi connectivity index (χ2n) is 6.70. The summed E-state index contributed by atoms with van der Waals surface area (Å²) in [5.74, 6) is 1.02. The van der Waals surface area contributed by atoms with E-state index in [2.05, 4.69) is 26.0 Å². The first-order valence-corrected chi connectivity index (χ1v) is 8.38. The Bertz CT molecular complexity index is 907. The number of nitrogens with one attached hydrogen (secondary N) is 1. The van der Waals surface area contributed by atoms with Gasteiger partial charge in [0.1, 0.15) is 5.82 Å². The summed E-state index contributed by atoms with van der Waals surface area (Å²) in [7, 11) is 0. The molecule has 24 heavy (non-hydrogen) atoms. The molecular weight excluding hydrogens is 302 g/mol. The van der Waals surface area contributed by atoms with Crippen LogP contribution in [0, 0.1) is 0 Å². The maximum atomic E-state index is 12.4. The fourth-order valence-corrected chi connectivity index (χ4v) is 3.21. The van der Waals surface area contributed by atoms with Crippen molar-refractivity contribution in [2.24, 2.45) is 0 Å². The Labute approximate surface area is 140 Å². The molecule has 0 amide bonds. The molecule has 1 N–H and O–H groups in total. The molecule has 0 saturated carbocycles. The lowest BCUT2D eigenvalue weighted by atomic mass is 10.1. The van der Waals surface area contributed by atoms with Crippen LogP contribution in [0.3, 0.4) is 0 Å². The average molecular weight is 323 g/mol. The van der Waals surface area contributed by atoms with Gasteiger partial charge in [0.25, 0.3) is 5.56 Å². The minimum atomic E-state index is 0.00315. The Hall–Kier alpha value is -2.47. The lowest BCUT2D eigenvalue weighted by Gasteiger charge is -2.27. The van der Waals surface area contributed by atoms with E-state index in [4.69, 9.17) is 0 Å². The summed E-state index contributed by atoms with van der Waals surface area (Å²) in [6.45, 7) is 6.36. The molecule has 124 valence electrons. The lowest BCUT2D eigenvalue weighted by Crippen LogP contribution is -2.36. The zero-order chi connectivity index (χ0) is 16.7. The van der Waals surface area contributed by atoms with E-state index in [1.54, 1.807) is 0 Å². The highest BCUT2D eigenvalue weighted by atomic mass is 16.1. The minimum absolute atomic E-state index is 0.00315. The van der Waals surface area contributed by atoms with Crippen LogP contribution < -0.4 is 5.56 Å². The van der Waals surface area contributed by atoms with E-state index in [0.29, 0.717) is 6.54 Å². The number of rotatable bonds is 3. The van der Waals surface area contributed by atoms with E-state index >= 15 is 0 Å². The molecule has 0 radical (unpaired) electrons. The molecule has 6 nitrogen and oxygen atoms in total. The normalized spacial score (nSPS) is 15.1.